The maximum absolute atomic E-state index is 13.6. The fraction of sp³-hybridized carbons (Fsp3) is 0.500. The number of aryl methyl sites for hydroxylation is 2. The first kappa shape index (κ1) is 22.6. The molecule has 6 heteroatoms. The van der Waals surface area contributed by atoms with E-state index in [9.17, 15) is 13.2 Å². The van der Waals surface area contributed by atoms with Crippen LogP contribution in [0, 0.1) is 5.92 Å². The molecule has 0 saturated carbocycles. The van der Waals surface area contributed by atoms with E-state index in [0.717, 1.165) is 12.0 Å². The summed E-state index contributed by atoms with van der Waals surface area (Å²) in [6.07, 6.45) is -1.78. The smallest absolute Gasteiger partial charge is 0.419 e. The molecule has 0 unspecified atom stereocenters. The van der Waals surface area contributed by atoms with Gasteiger partial charge in [-0.2, -0.15) is 13.2 Å². The monoisotopic (exact) mass is 422 g/mol. The summed E-state index contributed by atoms with van der Waals surface area (Å²) < 4.78 is 57.4. The van der Waals surface area contributed by atoms with Gasteiger partial charge in [-0.1, -0.05) is 36.4 Å². The Kier molecular flexibility index (Phi) is 7.42. The minimum Gasteiger partial charge on any atom is -0.493 e. The van der Waals surface area contributed by atoms with Gasteiger partial charge in [0.15, 0.2) is 5.79 Å². The van der Waals surface area contributed by atoms with Crippen molar-refractivity contribution in [1.29, 1.82) is 0 Å². The van der Waals surface area contributed by atoms with E-state index in [2.05, 4.69) is 0 Å². The average molecular weight is 422 g/mol. The van der Waals surface area contributed by atoms with Crippen LogP contribution >= 0.6 is 0 Å². The molecule has 2 aromatic carbocycles. The molecule has 2 aromatic rings. The minimum atomic E-state index is -4.45. The van der Waals surface area contributed by atoms with Crippen molar-refractivity contribution in [3.05, 3.63) is 65.2 Å². The predicted octanol–water partition coefficient (Wildman–Crippen LogP) is 6.05. The van der Waals surface area contributed by atoms with Gasteiger partial charge < -0.3 is 14.2 Å². The second-order valence-electron chi connectivity index (χ2n) is 8.19. The summed E-state index contributed by atoms with van der Waals surface area (Å²) in [5.41, 5.74) is 1.08. The molecule has 3 rings (SSSR count). The molecule has 0 aliphatic carbocycles. The zero-order valence-electron chi connectivity index (χ0n) is 17.5. The van der Waals surface area contributed by atoms with E-state index in [1.807, 2.05) is 44.2 Å². The number of ether oxygens (including phenoxy) is 3. The van der Waals surface area contributed by atoms with E-state index in [4.69, 9.17) is 14.2 Å². The van der Waals surface area contributed by atoms with Gasteiger partial charge in [-0.3, -0.25) is 0 Å². The Morgan fingerprint density at radius 1 is 0.967 bits per heavy atom. The lowest BCUT2D eigenvalue weighted by Gasteiger charge is -2.35. The number of rotatable bonds is 8. The molecule has 164 valence electrons. The molecule has 1 aliphatic heterocycles. The zero-order chi connectivity index (χ0) is 21.6. The molecule has 0 spiro atoms. The Morgan fingerprint density at radius 3 is 2.33 bits per heavy atom. The molecular formula is C24H29F3O3. The highest BCUT2D eigenvalue weighted by Crippen LogP contribution is 2.37. The van der Waals surface area contributed by atoms with Gasteiger partial charge in [0.1, 0.15) is 5.75 Å². The first-order valence-electron chi connectivity index (χ1n) is 10.4. The molecule has 0 aromatic heterocycles. The van der Waals surface area contributed by atoms with Crippen LogP contribution in [-0.4, -0.2) is 25.6 Å². The van der Waals surface area contributed by atoms with Gasteiger partial charge in [-0.05, 0) is 62.8 Å². The van der Waals surface area contributed by atoms with Gasteiger partial charge in [0.05, 0.1) is 25.4 Å². The summed E-state index contributed by atoms with van der Waals surface area (Å²) in [6.45, 7) is 5.07. The van der Waals surface area contributed by atoms with Crippen molar-refractivity contribution >= 4 is 0 Å². The largest absolute Gasteiger partial charge is 0.493 e. The van der Waals surface area contributed by atoms with Gasteiger partial charge in [-0.15, -0.1) is 0 Å². The van der Waals surface area contributed by atoms with Crippen LogP contribution in [0.4, 0.5) is 13.2 Å². The zero-order valence-corrected chi connectivity index (χ0v) is 17.5. The highest BCUT2D eigenvalue weighted by Gasteiger charge is 2.35. The third-order valence-corrected chi connectivity index (χ3v) is 5.23. The first-order chi connectivity index (χ1) is 14.2. The van der Waals surface area contributed by atoms with Crippen LogP contribution in [-0.2, 0) is 28.5 Å². The maximum atomic E-state index is 13.6. The van der Waals surface area contributed by atoms with Gasteiger partial charge in [0.2, 0.25) is 0 Å². The van der Waals surface area contributed by atoms with Crippen LogP contribution in [0.1, 0.15) is 43.4 Å². The first-order valence-corrected chi connectivity index (χ1v) is 10.4. The summed E-state index contributed by atoms with van der Waals surface area (Å²) in [5, 5.41) is 0. The van der Waals surface area contributed by atoms with Crippen molar-refractivity contribution in [3.63, 3.8) is 0 Å². The molecule has 0 amide bonds. The summed E-state index contributed by atoms with van der Waals surface area (Å²) in [5.74, 6) is -0.508. The van der Waals surface area contributed by atoms with Crippen LogP contribution in [0.25, 0.3) is 0 Å². The lowest BCUT2D eigenvalue weighted by Crippen LogP contribution is -2.39. The standard InChI is InChI=1S/C24H29F3O3/c1-23(2)29-16-20(17-30-23)11-10-19-12-13-22(21(15-19)24(25,26)27)28-14-6-9-18-7-4-3-5-8-18/h3-5,7-8,12-13,15,20H,6,9-11,14,16-17H2,1-2H3. The molecule has 1 saturated heterocycles. The van der Waals surface area contributed by atoms with Gasteiger partial charge in [-0.25, -0.2) is 0 Å². The molecule has 3 nitrogen and oxygen atoms in total. The molecule has 0 atom stereocenters. The van der Waals surface area contributed by atoms with E-state index in [-0.39, 0.29) is 18.3 Å². The number of halogens is 3. The Balaban J connectivity index is 1.55. The highest BCUT2D eigenvalue weighted by molar-refractivity contribution is 5.39. The summed E-state index contributed by atoms with van der Waals surface area (Å²) in [4.78, 5) is 0. The summed E-state index contributed by atoms with van der Waals surface area (Å²) in [7, 11) is 0. The van der Waals surface area contributed by atoms with Crippen molar-refractivity contribution in [3.8, 4) is 5.75 Å². The molecule has 1 fully saturated rings. The molecular weight excluding hydrogens is 393 g/mol. The Hall–Kier alpha value is -2.05. The SMILES string of the molecule is CC1(C)OCC(CCc2ccc(OCCCc3ccccc3)c(C(F)(F)F)c2)CO1. The summed E-state index contributed by atoms with van der Waals surface area (Å²) in [6, 6.07) is 14.2. The molecule has 30 heavy (non-hydrogen) atoms. The van der Waals surface area contributed by atoms with Crippen molar-refractivity contribution in [2.24, 2.45) is 5.92 Å². The van der Waals surface area contributed by atoms with Gasteiger partial charge in [0, 0.05) is 5.92 Å². The van der Waals surface area contributed by atoms with Crippen molar-refractivity contribution in [1.82, 2.24) is 0 Å². The number of alkyl halides is 3. The van der Waals surface area contributed by atoms with Crippen molar-refractivity contribution < 1.29 is 27.4 Å². The van der Waals surface area contributed by atoms with Gasteiger partial charge in [0.25, 0.3) is 0 Å². The normalized spacial score (nSPS) is 17.1. The van der Waals surface area contributed by atoms with E-state index < -0.39 is 17.5 Å². The quantitative estimate of drug-likeness (QED) is 0.485. The third kappa shape index (κ3) is 6.74. The Labute approximate surface area is 176 Å². The van der Waals surface area contributed by atoms with E-state index >= 15 is 0 Å². The average Bonchev–Trinajstić information content (AvgIpc) is 2.71. The summed E-state index contributed by atoms with van der Waals surface area (Å²) >= 11 is 0. The topological polar surface area (TPSA) is 27.7 Å². The van der Waals surface area contributed by atoms with Crippen LogP contribution in [0.5, 0.6) is 5.75 Å². The predicted molar refractivity (Wildman–Crippen MR) is 109 cm³/mol. The van der Waals surface area contributed by atoms with Crippen LogP contribution in [0.2, 0.25) is 0 Å². The molecule has 0 radical (unpaired) electrons. The molecule has 0 bridgehead atoms. The molecule has 1 aliphatic rings. The number of benzene rings is 2. The Morgan fingerprint density at radius 2 is 1.67 bits per heavy atom. The van der Waals surface area contributed by atoms with Crippen molar-refractivity contribution in [2.75, 3.05) is 19.8 Å². The second kappa shape index (κ2) is 9.84. The van der Waals surface area contributed by atoms with E-state index in [1.165, 1.54) is 12.1 Å². The fourth-order valence-corrected chi connectivity index (χ4v) is 3.45. The minimum absolute atomic E-state index is 0.106. The third-order valence-electron chi connectivity index (χ3n) is 5.23. The van der Waals surface area contributed by atoms with Crippen molar-refractivity contribution in [2.45, 2.75) is 51.5 Å². The lowest BCUT2D eigenvalue weighted by molar-refractivity contribution is -0.262. The maximum Gasteiger partial charge on any atom is 0.419 e. The van der Waals surface area contributed by atoms with E-state index in [1.54, 1.807) is 6.07 Å². The van der Waals surface area contributed by atoms with Crippen LogP contribution in [0.3, 0.4) is 0 Å². The Bertz CT molecular complexity index is 793. The fourth-order valence-electron chi connectivity index (χ4n) is 3.45. The molecule has 1 heterocycles. The highest BCUT2D eigenvalue weighted by atomic mass is 19.4. The van der Waals surface area contributed by atoms with Gasteiger partial charge >= 0.3 is 6.18 Å². The molecule has 0 N–H and O–H groups in total. The number of hydrogen-bond donors (Lipinski definition) is 0. The van der Waals surface area contributed by atoms with Crippen LogP contribution in [0.15, 0.2) is 48.5 Å². The van der Waals surface area contributed by atoms with E-state index in [0.29, 0.717) is 38.0 Å². The second-order valence-corrected chi connectivity index (χ2v) is 8.19. The number of hydrogen-bond acceptors (Lipinski definition) is 3. The lowest BCUT2D eigenvalue weighted by atomic mass is 9.98. The van der Waals surface area contributed by atoms with Crippen LogP contribution < -0.4 is 4.74 Å².